The van der Waals surface area contributed by atoms with E-state index in [1.54, 1.807) is 4.90 Å². The lowest BCUT2D eigenvalue weighted by Crippen LogP contribution is -2.45. The Hall–Kier alpha value is -1.59. The Kier molecular flexibility index (Phi) is 7.96. The van der Waals surface area contributed by atoms with E-state index < -0.39 is 0 Å². The monoisotopic (exact) mass is 373 g/mol. The second kappa shape index (κ2) is 10.7. The fraction of sp³-hybridized carbons (Fsp3) is 0.682. The van der Waals surface area contributed by atoms with Crippen molar-refractivity contribution in [2.75, 3.05) is 39.3 Å². The molecule has 0 unspecified atom stereocenters. The third kappa shape index (κ3) is 6.22. The van der Waals surface area contributed by atoms with Gasteiger partial charge in [-0.25, -0.2) is 4.79 Å². The lowest BCUT2D eigenvalue weighted by Gasteiger charge is -2.30. The Morgan fingerprint density at radius 2 is 1.93 bits per heavy atom. The van der Waals surface area contributed by atoms with Crippen LogP contribution in [0.25, 0.3) is 0 Å². The van der Waals surface area contributed by atoms with Crippen LogP contribution in [0.4, 0.5) is 4.79 Å². The number of amides is 2. The zero-order valence-corrected chi connectivity index (χ0v) is 16.5. The Morgan fingerprint density at radius 3 is 2.70 bits per heavy atom. The zero-order valence-electron chi connectivity index (χ0n) is 16.5. The van der Waals surface area contributed by atoms with E-state index in [-0.39, 0.29) is 12.6 Å². The largest absolute Gasteiger partial charge is 0.395 e. The molecule has 27 heavy (non-hydrogen) atoms. The maximum absolute atomic E-state index is 12.5. The highest BCUT2D eigenvalue weighted by molar-refractivity contribution is 5.74. The molecule has 1 aromatic rings. The van der Waals surface area contributed by atoms with Crippen LogP contribution in [0.15, 0.2) is 24.3 Å². The molecular weight excluding hydrogens is 338 g/mol. The topological polar surface area (TPSA) is 55.8 Å². The number of nitrogens with one attached hydrogen (secondary N) is 1. The van der Waals surface area contributed by atoms with Crippen LogP contribution in [0, 0.1) is 5.92 Å². The molecule has 1 saturated carbocycles. The fourth-order valence-corrected chi connectivity index (χ4v) is 4.43. The number of fused-ring (bicyclic) bond motifs is 1. The average Bonchev–Trinajstić information content (AvgIpc) is 2.71. The number of carbonyl (C=O) groups is 1. The van der Waals surface area contributed by atoms with Gasteiger partial charge in [0.05, 0.1) is 6.61 Å². The molecule has 0 atom stereocenters. The van der Waals surface area contributed by atoms with E-state index in [1.165, 1.54) is 43.2 Å². The molecule has 1 aliphatic carbocycles. The van der Waals surface area contributed by atoms with Gasteiger partial charge < -0.3 is 15.3 Å². The highest BCUT2D eigenvalue weighted by Crippen LogP contribution is 2.26. The van der Waals surface area contributed by atoms with E-state index in [0.29, 0.717) is 13.1 Å². The highest BCUT2D eigenvalue weighted by Gasteiger charge is 2.19. The number of rotatable bonds is 8. The summed E-state index contributed by atoms with van der Waals surface area (Å²) >= 11 is 0. The number of benzene rings is 1. The van der Waals surface area contributed by atoms with Crippen molar-refractivity contribution in [3.63, 3.8) is 0 Å². The van der Waals surface area contributed by atoms with Gasteiger partial charge in [-0.2, -0.15) is 0 Å². The first-order chi connectivity index (χ1) is 13.3. The van der Waals surface area contributed by atoms with Gasteiger partial charge in [0.2, 0.25) is 0 Å². The minimum atomic E-state index is -0.0303. The zero-order chi connectivity index (χ0) is 18.9. The lowest BCUT2D eigenvalue weighted by molar-refractivity contribution is 0.167. The molecule has 2 aliphatic rings. The summed E-state index contributed by atoms with van der Waals surface area (Å²) in [5.74, 6) is 0.751. The molecule has 5 nitrogen and oxygen atoms in total. The summed E-state index contributed by atoms with van der Waals surface area (Å²) in [6.07, 6.45) is 8.76. The van der Waals surface area contributed by atoms with Crippen molar-refractivity contribution < 1.29 is 9.90 Å². The minimum absolute atomic E-state index is 0.0288. The Balaban J connectivity index is 1.38. The van der Waals surface area contributed by atoms with Gasteiger partial charge in [-0.05, 0) is 29.9 Å². The van der Waals surface area contributed by atoms with Gasteiger partial charge in [0.1, 0.15) is 0 Å². The number of hydrogen-bond donors (Lipinski definition) is 2. The molecule has 0 bridgehead atoms. The molecule has 0 spiro atoms. The lowest BCUT2D eigenvalue weighted by atomic mass is 9.87. The van der Waals surface area contributed by atoms with Gasteiger partial charge in [-0.15, -0.1) is 0 Å². The van der Waals surface area contributed by atoms with Crippen molar-refractivity contribution in [2.24, 2.45) is 5.92 Å². The molecule has 2 N–H and O–H groups in total. The molecule has 3 rings (SSSR count). The van der Waals surface area contributed by atoms with Crippen LogP contribution in [-0.4, -0.2) is 60.3 Å². The molecule has 0 saturated heterocycles. The van der Waals surface area contributed by atoms with Crippen molar-refractivity contribution in [2.45, 2.75) is 51.5 Å². The minimum Gasteiger partial charge on any atom is -0.395 e. The third-order valence-corrected chi connectivity index (χ3v) is 6.10. The van der Waals surface area contributed by atoms with Gasteiger partial charge in [0.25, 0.3) is 0 Å². The number of aliphatic hydroxyl groups excluding tert-OH is 1. The van der Waals surface area contributed by atoms with Crippen LogP contribution in [0.2, 0.25) is 0 Å². The van der Waals surface area contributed by atoms with Crippen molar-refractivity contribution in [3.8, 4) is 0 Å². The molecule has 1 heterocycles. The molecule has 150 valence electrons. The molecule has 2 amide bonds. The van der Waals surface area contributed by atoms with Crippen LogP contribution in [-0.2, 0) is 13.0 Å². The smallest absolute Gasteiger partial charge is 0.317 e. The number of urea groups is 1. The summed E-state index contributed by atoms with van der Waals surface area (Å²) in [7, 11) is 0. The Morgan fingerprint density at radius 1 is 1.15 bits per heavy atom. The predicted octanol–water partition coefficient (Wildman–Crippen LogP) is 3.02. The van der Waals surface area contributed by atoms with E-state index in [1.807, 2.05) is 0 Å². The standard InChI is InChI=1S/C22H35N3O2/c26-17-16-25(14-10-19-6-2-1-3-7-19)22(27)23-12-15-24-13-11-20-8-4-5-9-21(20)18-24/h4-5,8-9,19,26H,1-3,6-7,10-18H2,(H,23,27). The van der Waals surface area contributed by atoms with Gasteiger partial charge in [0, 0.05) is 39.3 Å². The van der Waals surface area contributed by atoms with Crippen LogP contribution in [0.1, 0.15) is 49.7 Å². The quantitative estimate of drug-likeness (QED) is 0.736. The van der Waals surface area contributed by atoms with Crippen molar-refractivity contribution >= 4 is 6.03 Å². The van der Waals surface area contributed by atoms with Crippen molar-refractivity contribution in [3.05, 3.63) is 35.4 Å². The van der Waals surface area contributed by atoms with Gasteiger partial charge in [0.15, 0.2) is 0 Å². The fourth-order valence-electron chi connectivity index (χ4n) is 4.43. The SMILES string of the molecule is O=C(NCCN1CCc2ccccc2C1)N(CCO)CCC1CCCCC1. The second-order valence-corrected chi connectivity index (χ2v) is 8.03. The molecule has 1 aliphatic heterocycles. The van der Waals surface area contributed by atoms with E-state index in [0.717, 1.165) is 44.9 Å². The summed E-state index contributed by atoms with van der Waals surface area (Å²) in [6.45, 7) is 4.76. The Labute approximate surface area is 163 Å². The maximum Gasteiger partial charge on any atom is 0.317 e. The maximum atomic E-state index is 12.5. The number of hydrogen-bond acceptors (Lipinski definition) is 3. The molecule has 5 heteroatoms. The van der Waals surface area contributed by atoms with Gasteiger partial charge >= 0.3 is 6.03 Å². The van der Waals surface area contributed by atoms with Gasteiger partial charge in [-0.3, -0.25) is 4.90 Å². The first-order valence-corrected chi connectivity index (χ1v) is 10.7. The Bertz CT molecular complexity index is 587. The number of carbonyl (C=O) groups excluding carboxylic acids is 1. The average molecular weight is 374 g/mol. The summed E-state index contributed by atoms with van der Waals surface area (Å²) in [4.78, 5) is 16.7. The predicted molar refractivity (Wildman–Crippen MR) is 109 cm³/mol. The van der Waals surface area contributed by atoms with Crippen molar-refractivity contribution in [1.29, 1.82) is 0 Å². The summed E-state index contributed by atoms with van der Waals surface area (Å²) < 4.78 is 0. The second-order valence-electron chi connectivity index (χ2n) is 8.03. The van der Waals surface area contributed by atoms with E-state index in [2.05, 4.69) is 34.5 Å². The molecule has 0 aromatic heterocycles. The summed E-state index contributed by atoms with van der Waals surface area (Å²) in [6, 6.07) is 8.60. The number of nitrogens with zero attached hydrogens (tertiary/aromatic N) is 2. The summed E-state index contributed by atoms with van der Waals surface area (Å²) in [5.41, 5.74) is 2.86. The van der Waals surface area contributed by atoms with Crippen LogP contribution in [0.3, 0.4) is 0 Å². The molecular formula is C22H35N3O2. The first-order valence-electron chi connectivity index (χ1n) is 10.7. The normalized spacial score (nSPS) is 18.1. The van der Waals surface area contributed by atoms with Crippen LogP contribution >= 0.6 is 0 Å². The number of aliphatic hydroxyl groups is 1. The molecule has 0 radical (unpaired) electrons. The van der Waals surface area contributed by atoms with Gasteiger partial charge in [-0.1, -0.05) is 56.4 Å². The highest BCUT2D eigenvalue weighted by atomic mass is 16.3. The van der Waals surface area contributed by atoms with E-state index in [9.17, 15) is 9.90 Å². The van der Waals surface area contributed by atoms with E-state index in [4.69, 9.17) is 0 Å². The third-order valence-electron chi connectivity index (χ3n) is 6.10. The van der Waals surface area contributed by atoms with Crippen LogP contribution < -0.4 is 5.32 Å². The van der Waals surface area contributed by atoms with Crippen molar-refractivity contribution in [1.82, 2.24) is 15.1 Å². The molecule has 1 aromatic carbocycles. The molecule has 1 fully saturated rings. The van der Waals surface area contributed by atoms with E-state index >= 15 is 0 Å². The summed E-state index contributed by atoms with van der Waals surface area (Å²) in [5, 5.41) is 12.4. The van der Waals surface area contributed by atoms with Crippen LogP contribution in [0.5, 0.6) is 0 Å². The first kappa shape index (κ1) is 20.2.